The van der Waals surface area contributed by atoms with Gasteiger partial charge in [0.15, 0.2) is 11.6 Å². The van der Waals surface area contributed by atoms with Gasteiger partial charge in [0.1, 0.15) is 11.3 Å². The van der Waals surface area contributed by atoms with Crippen LogP contribution in [0.4, 0.5) is 10.3 Å². The lowest BCUT2D eigenvalue weighted by Crippen LogP contribution is -2.14. The lowest BCUT2D eigenvalue weighted by molar-refractivity contribution is 0.143. The fourth-order valence-electron chi connectivity index (χ4n) is 2.04. The molecule has 3 aromatic heterocycles. The van der Waals surface area contributed by atoms with Crippen molar-refractivity contribution >= 4 is 16.9 Å². The minimum Gasteiger partial charge on any atom is -0.378 e. The van der Waals surface area contributed by atoms with E-state index in [0.717, 1.165) is 11.6 Å². The van der Waals surface area contributed by atoms with Crippen LogP contribution in [-0.4, -0.2) is 30.2 Å². The molecule has 3 aromatic rings. The van der Waals surface area contributed by atoms with Gasteiger partial charge in [-0.25, -0.2) is 14.4 Å². The van der Waals surface area contributed by atoms with E-state index in [1.54, 1.807) is 42.9 Å². The number of aromatic nitrogens is 4. The van der Waals surface area contributed by atoms with Crippen molar-refractivity contribution in [3.05, 3.63) is 42.2 Å². The van der Waals surface area contributed by atoms with Crippen molar-refractivity contribution < 1.29 is 9.50 Å². The van der Waals surface area contributed by atoms with E-state index >= 15 is 0 Å². The van der Waals surface area contributed by atoms with Crippen molar-refractivity contribution in [3.63, 3.8) is 0 Å². The van der Waals surface area contributed by atoms with Crippen LogP contribution in [-0.2, 0) is 0 Å². The van der Waals surface area contributed by atoms with Crippen LogP contribution in [0, 0.1) is 17.7 Å². The van der Waals surface area contributed by atoms with Crippen LogP contribution < -0.4 is 5.73 Å². The van der Waals surface area contributed by atoms with E-state index in [9.17, 15) is 9.50 Å². The van der Waals surface area contributed by atoms with E-state index in [0.29, 0.717) is 11.2 Å². The van der Waals surface area contributed by atoms with Crippen LogP contribution in [0.15, 0.2) is 30.7 Å². The molecule has 116 valence electrons. The Morgan fingerprint density at radius 1 is 1.30 bits per heavy atom. The summed E-state index contributed by atoms with van der Waals surface area (Å²) in [6.07, 6.45) is 4.33. The van der Waals surface area contributed by atoms with Gasteiger partial charge < -0.3 is 10.8 Å². The standard InChI is InChI=1S/C16H14FN5O/c1-16(2,23)5-3-11-7-13-10(8-19-11)4-6-22(13)14-12(17)9-20-15(18)21-14/h4,6-9,23H,1-2H3,(H2,18,20,21). The molecule has 0 saturated heterocycles. The summed E-state index contributed by atoms with van der Waals surface area (Å²) in [6, 6.07) is 3.49. The molecule has 0 aliphatic carbocycles. The number of aliphatic hydroxyl groups is 1. The second-order valence-corrected chi connectivity index (χ2v) is 5.52. The molecule has 3 heterocycles. The largest absolute Gasteiger partial charge is 0.378 e. The van der Waals surface area contributed by atoms with E-state index in [-0.39, 0.29) is 11.8 Å². The summed E-state index contributed by atoms with van der Waals surface area (Å²) in [5.74, 6) is 4.94. The average Bonchev–Trinajstić information content (AvgIpc) is 2.90. The van der Waals surface area contributed by atoms with Gasteiger partial charge in [-0.1, -0.05) is 5.92 Å². The molecular weight excluding hydrogens is 297 g/mol. The Kier molecular flexibility index (Phi) is 3.47. The number of pyridine rings is 1. The number of fused-ring (bicyclic) bond motifs is 1. The Balaban J connectivity index is 2.15. The van der Waals surface area contributed by atoms with Crippen molar-refractivity contribution in [1.29, 1.82) is 0 Å². The lowest BCUT2D eigenvalue weighted by atomic mass is 10.1. The predicted octanol–water partition coefficient (Wildman–Crippen LogP) is 1.66. The number of rotatable bonds is 1. The van der Waals surface area contributed by atoms with Crippen LogP contribution >= 0.6 is 0 Å². The third kappa shape index (κ3) is 3.12. The highest BCUT2D eigenvalue weighted by Crippen LogP contribution is 2.21. The van der Waals surface area contributed by atoms with E-state index in [1.807, 2.05) is 0 Å². The zero-order valence-electron chi connectivity index (χ0n) is 12.6. The van der Waals surface area contributed by atoms with Gasteiger partial charge in [-0.3, -0.25) is 4.57 Å². The highest BCUT2D eigenvalue weighted by atomic mass is 19.1. The fraction of sp³-hybridized carbons (Fsp3) is 0.188. The number of halogens is 1. The molecule has 6 nitrogen and oxygen atoms in total. The molecule has 0 aliphatic heterocycles. The van der Waals surface area contributed by atoms with Crippen molar-refractivity contribution in [2.75, 3.05) is 5.73 Å². The Hall–Kier alpha value is -2.98. The maximum absolute atomic E-state index is 14.0. The molecule has 0 unspecified atom stereocenters. The highest BCUT2D eigenvalue weighted by Gasteiger charge is 2.12. The number of hydrogen-bond donors (Lipinski definition) is 2. The molecule has 0 spiro atoms. The highest BCUT2D eigenvalue weighted by molar-refractivity contribution is 5.81. The first-order chi connectivity index (χ1) is 10.8. The minimum atomic E-state index is -1.12. The van der Waals surface area contributed by atoms with Crippen LogP contribution in [0.25, 0.3) is 16.7 Å². The number of nitrogen functional groups attached to an aromatic ring is 1. The summed E-state index contributed by atoms with van der Waals surface area (Å²) in [4.78, 5) is 11.8. The summed E-state index contributed by atoms with van der Waals surface area (Å²) in [5, 5.41) is 10.5. The van der Waals surface area contributed by atoms with Crippen LogP contribution in [0.2, 0.25) is 0 Å². The van der Waals surface area contributed by atoms with Crippen molar-refractivity contribution in [3.8, 4) is 17.7 Å². The van der Waals surface area contributed by atoms with Gasteiger partial charge in [0.25, 0.3) is 0 Å². The average molecular weight is 311 g/mol. The number of hydrogen-bond acceptors (Lipinski definition) is 5. The van der Waals surface area contributed by atoms with Crippen molar-refractivity contribution in [1.82, 2.24) is 19.5 Å². The maximum Gasteiger partial charge on any atom is 0.222 e. The van der Waals surface area contributed by atoms with Crippen molar-refractivity contribution in [2.45, 2.75) is 19.4 Å². The molecule has 3 rings (SSSR count). The smallest absolute Gasteiger partial charge is 0.222 e. The summed E-state index contributed by atoms with van der Waals surface area (Å²) < 4.78 is 15.5. The molecular formula is C16H14FN5O. The van der Waals surface area contributed by atoms with Gasteiger partial charge >= 0.3 is 0 Å². The first-order valence-electron chi connectivity index (χ1n) is 6.84. The third-order valence-corrected chi connectivity index (χ3v) is 3.04. The van der Waals surface area contributed by atoms with E-state index in [2.05, 4.69) is 26.8 Å². The monoisotopic (exact) mass is 311 g/mol. The Morgan fingerprint density at radius 2 is 2.09 bits per heavy atom. The van der Waals surface area contributed by atoms with Gasteiger partial charge in [0.05, 0.1) is 11.7 Å². The number of anilines is 1. The van der Waals surface area contributed by atoms with Gasteiger partial charge in [0.2, 0.25) is 5.95 Å². The maximum atomic E-state index is 14.0. The van der Waals surface area contributed by atoms with Gasteiger partial charge in [-0.2, -0.15) is 4.98 Å². The molecule has 0 bridgehead atoms. The quantitative estimate of drug-likeness (QED) is 0.667. The minimum absolute atomic E-state index is 0.0145. The second kappa shape index (κ2) is 5.34. The zero-order chi connectivity index (χ0) is 16.6. The molecule has 0 atom stereocenters. The van der Waals surface area contributed by atoms with Gasteiger partial charge in [0, 0.05) is 17.8 Å². The summed E-state index contributed by atoms with van der Waals surface area (Å²) in [7, 11) is 0. The summed E-state index contributed by atoms with van der Waals surface area (Å²) >= 11 is 0. The van der Waals surface area contributed by atoms with Gasteiger partial charge in [-0.15, -0.1) is 0 Å². The van der Waals surface area contributed by atoms with Gasteiger partial charge in [-0.05, 0) is 31.9 Å². The first kappa shape index (κ1) is 14.9. The Labute approximate surface area is 131 Å². The Bertz CT molecular complexity index is 946. The molecule has 0 radical (unpaired) electrons. The summed E-state index contributed by atoms with van der Waals surface area (Å²) in [5.41, 5.74) is 5.56. The molecule has 23 heavy (non-hydrogen) atoms. The van der Waals surface area contributed by atoms with Crippen molar-refractivity contribution in [2.24, 2.45) is 0 Å². The van der Waals surface area contributed by atoms with Crippen LogP contribution in [0.3, 0.4) is 0 Å². The van der Waals surface area contributed by atoms with Crippen LogP contribution in [0.1, 0.15) is 19.5 Å². The molecule has 0 saturated carbocycles. The second-order valence-electron chi connectivity index (χ2n) is 5.52. The number of nitrogens with zero attached hydrogens (tertiary/aromatic N) is 4. The van der Waals surface area contributed by atoms with E-state index in [4.69, 9.17) is 5.73 Å². The zero-order valence-corrected chi connectivity index (χ0v) is 12.6. The molecule has 0 aromatic carbocycles. The SMILES string of the molecule is CC(C)(O)C#Cc1cc2c(ccn2-c2nc(N)ncc2F)cn1. The topological polar surface area (TPSA) is 89.8 Å². The molecule has 0 amide bonds. The number of nitrogens with two attached hydrogens (primary N) is 1. The lowest BCUT2D eigenvalue weighted by Gasteiger charge is -2.07. The molecule has 3 N–H and O–H groups in total. The van der Waals surface area contributed by atoms with Crippen LogP contribution in [0.5, 0.6) is 0 Å². The molecule has 7 heteroatoms. The Morgan fingerprint density at radius 3 is 2.83 bits per heavy atom. The summed E-state index contributed by atoms with van der Waals surface area (Å²) in [6.45, 7) is 3.17. The normalized spacial score (nSPS) is 11.3. The van der Waals surface area contributed by atoms with E-state index in [1.165, 1.54) is 0 Å². The molecule has 0 fully saturated rings. The first-order valence-corrected chi connectivity index (χ1v) is 6.84. The fourth-order valence-corrected chi connectivity index (χ4v) is 2.04. The third-order valence-electron chi connectivity index (χ3n) is 3.04. The molecule has 0 aliphatic rings. The predicted molar refractivity (Wildman–Crippen MR) is 84.2 cm³/mol. The van der Waals surface area contributed by atoms with E-state index < -0.39 is 11.4 Å².